The first-order valence-corrected chi connectivity index (χ1v) is 6.84. The highest BCUT2D eigenvalue weighted by atomic mass is 16.2. The Morgan fingerprint density at radius 1 is 1.40 bits per heavy atom. The van der Waals surface area contributed by atoms with Gasteiger partial charge >= 0.3 is 5.69 Å². The zero-order chi connectivity index (χ0) is 14.1. The number of amides is 1. The lowest BCUT2D eigenvalue weighted by atomic mass is 10.2. The van der Waals surface area contributed by atoms with Crippen LogP contribution >= 0.6 is 0 Å². The van der Waals surface area contributed by atoms with Gasteiger partial charge in [-0.2, -0.15) is 0 Å². The number of nitrogens with zero attached hydrogens (tertiary/aromatic N) is 2. The molecule has 1 aromatic heterocycles. The summed E-state index contributed by atoms with van der Waals surface area (Å²) in [6.45, 7) is 4.40. The van der Waals surface area contributed by atoms with Crippen molar-refractivity contribution in [2.45, 2.75) is 19.5 Å². The smallest absolute Gasteiger partial charge is 0.326 e. The predicted octanol–water partition coefficient (Wildman–Crippen LogP) is 0.150. The van der Waals surface area contributed by atoms with Gasteiger partial charge in [0.15, 0.2) is 0 Å². The molecular weight excluding hydrogens is 256 g/mol. The van der Waals surface area contributed by atoms with Crippen molar-refractivity contribution in [1.29, 1.82) is 0 Å². The normalized spacial score (nSPS) is 19.4. The zero-order valence-electron chi connectivity index (χ0n) is 11.4. The number of rotatable bonds is 2. The van der Waals surface area contributed by atoms with E-state index in [-0.39, 0.29) is 24.2 Å². The van der Waals surface area contributed by atoms with Gasteiger partial charge in [0.1, 0.15) is 6.54 Å². The van der Waals surface area contributed by atoms with Crippen LogP contribution in [0.1, 0.15) is 6.92 Å². The number of carbonyl (C=O) groups is 1. The number of carbonyl (C=O) groups excluding carboxylic acids is 1. The van der Waals surface area contributed by atoms with Crippen molar-refractivity contribution in [3.8, 4) is 0 Å². The van der Waals surface area contributed by atoms with Crippen LogP contribution in [0.2, 0.25) is 0 Å². The van der Waals surface area contributed by atoms with E-state index in [1.807, 2.05) is 36.1 Å². The van der Waals surface area contributed by atoms with Gasteiger partial charge in [-0.3, -0.25) is 9.36 Å². The molecule has 2 aromatic rings. The Labute approximate surface area is 116 Å². The second kappa shape index (κ2) is 5.13. The Morgan fingerprint density at radius 3 is 3.00 bits per heavy atom. The molecule has 0 unspecified atom stereocenters. The van der Waals surface area contributed by atoms with Crippen LogP contribution in [0.3, 0.4) is 0 Å². The molecule has 20 heavy (non-hydrogen) atoms. The Bertz CT molecular complexity index is 688. The fourth-order valence-corrected chi connectivity index (χ4v) is 2.70. The molecule has 0 radical (unpaired) electrons. The summed E-state index contributed by atoms with van der Waals surface area (Å²) in [5.41, 5.74) is 1.30. The van der Waals surface area contributed by atoms with Gasteiger partial charge in [-0.25, -0.2) is 4.79 Å². The number of hydrogen-bond acceptors (Lipinski definition) is 3. The number of fused-ring (bicyclic) bond motifs is 1. The second-order valence-electron chi connectivity index (χ2n) is 5.17. The zero-order valence-corrected chi connectivity index (χ0v) is 11.4. The molecule has 1 aliphatic heterocycles. The molecule has 106 valence electrons. The average molecular weight is 274 g/mol. The fraction of sp³-hybridized carbons (Fsp3) is 0.429. The SMILES string of the molecule is C[C@H]1CNCCN1C(=O)Cn1c(=O)[nH]c2ccccc21. The topological polar surface area (TPSA) is 70.1 Å². The van der Waals surface area contributed by atoms with Crippen molar-refractivity contribution in [1.82, 2.24) is 19.8 Å². The Hall–Kier alpha value is -2.08. The summed E-state index contributed by atoms with van der Waals surface area (Å²) >= 11 is 0. The molecule has 3 rings (SSSR count). The first kappa shape index (κ1) is 12.9. The molecular formula is C14H18N4O2. The summed E-state index contributed by atoms with van der Waals surface area (Å²) in [4.78, 5) is 29.0. The van der Waals surface area contributed by atoms with Gasteiger partial charge in [0.05, 0.1) is 11.0 Å². The molecule has 2 heterocycles. The number of H-pyrrole nitrogens is 1. The van der Waals surface area contributed by atoms with Crippen LogP contribution in [0.25, 0.3) is 11.0 Å². The summed E-state index contributed by atoms with van der Waals surface area (Å²) in [7, 11) is 0. The van der Waals surface area contributed by atoms with Crippen LogP contribution in [0.5, 0.6) is 0 Å². The molecule has 1 saturated heterocycles. The minimum atomic E-state index is -0.234. The summed E-state index contributed by atoms with van der Waals surface area (Å²) in [5, 5.41) is 3.25. The number of para-hydroxylation sites is 2. The number of piperazine rings is 1. The van der Waals surface area contributed by atoms with E-state index in [9.17, 15) is 9.59 Å². The third-order valence-electron chi connectivity index (χ3n) is 3.80. The van der Waals surface area contributed by atoms with Gasteiger partial charge in [0.2, 0.25) is 5.91 Å². The number of aromatic nitrogens is 2. The van der Waals surface area contributed by atoms with Crippen molar-refractivity contribution in [3.05, 3.63) is 34.7 Å². The van der Waals surface area contributed by atoms with E-state index in [0.29, 0.717) is 6.54 Å². The highest BCUT2D eigenvalue weighted by Crippen LogP contribution is 2.10. The Kier molecular flexibility index (Phi) is 3.31. The van der Waals surface area contributed by atoms with E-state index in [2.05, 4.69) is 10.3 Å². The number of nitrogens with one attached hydrogen (secondary N) is 2. The molecule has 0 saturated carbocycles. The van der Waals surface area contributed by atoms with E-state index in [1.165, 1.54) is 4.57 Å². The van der Waals surface area contributed by atoms with Gasteiger partial charge in [0.25, 0.3) is 0 Å². The molecule has 0 spiro atoms. The molecule has 0 bridgehead atoms. The van der Waals surface area contributed by atoms with Crippen LogP contribution in [0.4, 0.5) is 0 Å². The van der Waals surface area contributed by atoms with Crippen molar-refractivity contribution >= 4 is 16.9 Å². The van der Waals surface area contributed by atoms with Crippen molar-refractivity contribution in [2.24, 2.45) is 0 Å². The van der Waals surface area contributed by atoms with Crippen LogP contribution in [-0.4, -0.2) is 46.0 Å². The number of imidazole rings is 1. The van der Waals surface area contributed by atoms with Crippen molar-refractivity contribution < 1.29 is 4.79 Å². The summed E-state index contributed by atoms with van der Waals surface area (Å²) in [6.07, 6.45) is 0. The molecule has 6 nitrogen and oxygen atoms in total. The van der Waals surface area contributed by atoms with E-state index in [4.69, 9.17) is 0 Å². The summed E-state index contributed by atoms with van der Waals surface area (Å²) in [6, 6.07) is 7.58. The highest BCUT2D eigenvalue weighted by Gasteiger charge is 2.23. The maximum atomic E-state index is 12.4. The largest absolute Gasteiger partial charge is 0.336 e. The second-order valence-corrected chi connectivity index (χ2v) is 5.17. The number of aromatic amines is 1. The molecule has 1 amide bonds. The molecule has 1 atom stereocenters. The van der Waals surface area contributed by atoms with Crippen molar-refractivity contribution in [2.75, 3.05) is 19.6 Å². The fourth-order valence-electron chi connectivity index (χ4n) is 2.70. The van der Waals surface area contributed by atoms with Crippen LogP contribution in [0, 0.1) is 0 Å². The van der Waals surface area contributed by atoms with Crippen LogP contribution < -0.4 is 11.0 Å². The monoisotopic (exact) mass is 274 g/mol. The third-order valence-corrected chi connectivity index (χ3v) is 3.80. The number of benzene rings is 1. The van der Waals surface area contributed by atoms with Gasteiger partial charge in [-0.05, 0) is 19.1 Å². The number of hydrogen-bond donors (Lipinski definition) is 2. The van der Waals surface area contributed by atoms with Gasteiger partial charge in [-0.1, -0.05) is 12.1 Å². The first-order valence-electron chi connectivity index (χ1n) is 6.84. The minimum Gasteiger partial charge on any atom is -0.336 e. The predicted molar refractivity (Wildman–Crippen MR) is 76.6 cm³/mol. The average Bonchev–Trinajstić information content (AvgIpc) is 2.76. The van der Waals surface area contributed by atoms with Crippen LogP contribution in [-0.2, 0) is 11.3 Å². The van der Waals surface area contributed by atoms with E-state index in [1.54, 1.807) is 0 Å². The molecule has 1 aromatic carbocycles. The summed E-state index contributed by atoms with van der Waals surface area (Å²) in [5.74, 6) is -0.00847. The maximum absolute atomic E-state index is 12.4. The standard InChI is InChI=1S/C14H18N4O2/c1-10-8-15-6-7-17(10)13(19)9-18-12-5-3-2-4-11(12)16-14(18)20/h2-5,10,15H,6-9H2,1H3,(H,16,20)/t10-/m0/s1. The van der Waals surface area contributed by atoms with E-state index in [0.717, 1.165) is 24.1 Å². The minimum absolute atomic E-state index is 0.00847. The third kappa shape index (κ3) is 2.22. The lowest BCUT2D eigenvalue weighted by molar-refractivity contribution is -0.134. The lowest BCUT2D eigenvalue weighted by Gasteiger charge is -2.34. The maximum Gasteiger partial charge on any atom is 0.326 e. The molecule has 1 aliphatic rings. The van der Waals surface area contributed by atoms with Gasteiger partial charge in [0, 0.05) is 25.7 Å². The van der Waals surface area contributed by atoms with E-state index < -0.39 is 0 Å². The molecule has 1 fully saturated rings. The van der Waals surface area contributed by atoms with E-state index >= 15 is 0 Å². The van der Waals surface area contributed by atoms with Crippen molar-refractivity contribution in [3.63, 3.8) is 0 Å². The molecule has 6 heteroatoms. The molecule has 0 aliphatic carbocycles. The summed E-state index contributed by atoms with van der Waals surface area (Å²) < 4.78 is 1.51. The quantitative estimate of drug-likeness (QED) is 0.819. The van der Waals surface area contributed by atoms with Crippen LogP contribution in [0.15, 0.2) is 29.1 Å². The Morgan fingerprint density at radius 2 is 2.20 bits per heavy atom. The first-order chi connectivity index (χ1) is 9.66. The molecule has 2 N–H and O–H groups in total. The Balaban J connectivity index is 1.87. The lowest BCUT2D eigenvalue weighted by Crippen LogP contribution is -2.53. The highest BCUT2D eigenvalue weighted by molar-refractivity contribution is 5.80. The van der Waals surface area contributed by atoms with Gasteiger partial charge in [-0.15, -0.1) is 0 Å². The van der Waals surface area contributed by atoms with Gasteiger partial charge < -0.3 is 15.2 Å².